The van der Waals surface area contributed by atoms with E-state index in [0.29, 0.717) is 12.0 Å². The molecule has 1 amide bonds. The Morgan fingerprint density at radius 3 is 2.75 bits per heavy atom. The molecule has 4 heteroatoms. The Labute approximate surface area is 97.2 Å². The van der Waals surface area contributed by atoms with Crippen molar-refractivity contribution in [2.75, 3.05) is 32.8 Å². The molecule has 0 aromatic carbocycles. The van der Waals surface area contributed by atoms with Crippen LogP contribution in [-0.2, 0) is 4.79 Å². The highest BCUT2D eigenvalue weighted by molar-refractivity contribution is 5.74. The quantitative estimate of drug-likeness (QED) is 0.734. The average molecular weight is 226 g/mol. The summed E-state index contributed by atoms with van der Waals surface area (Å²) in [5, 5.41) is 8.88. The van der Waals surface area contributed by atoms with Gasteiger partial charge in [-0.15, -0.1) is 0 Å². The lowest BCUT2D eigenvalue weighted by Gasteiger charge is -2.24. The molecule has 0 aromatic heterocycles. The number of hydrogen-bond donors (Lipinski definition) is 1. The molecule has 2 rings (SSSR count). The number of rotatable bonds is 5. The highest BCUT2D eigenvalue weighted by Gasteiger charge is 2.33. The molecular formula is C12H22N2O2. The SMILES string of the molecule is CC(=O)N(C[C@@H]1CCN(CCO)C1)C1CC1. The smallest absolute Gasteiger partial charge is 0.219 e. The summed E-state index contributed by atoms with van der Waals surface area (Å²) in [4.78, 5) is 15.8. The standard InChI is InChI=1S/C12H22N2O2/c1-10(16)14(12-2-3-12)9-11-4-5-13(8-11)6-7-15/h11-12,15H,2-9H2,1H3/t11-/m1/s1. The van der Waals surface area contributed by atoms with Gasteiger partial charge in [-0.05, 0) is 31.7 Å². The van der Waals surface area contributed by atoms with Gasteiger partial charge in [0.1, 0.15) is 0 Å². The molecule has 0 spiro atoms. The van der Waals surface area contributed by atoms with E-state index in [1.807, 2.05) is 4.90 Å². The molecule has 1 atom stereocenters. The van der Waals surface area contributed by atoms with Crippen LogP contribution in [0.2, 0.25) is 0 Å². The molecule has 16 heavy (non-hydrogen) atoms. The highest BCUT2D eigenvalue weighted by Crippen LogP contribution is 2.29. The Morgan fingerprint density at radius 1 is 1.44 bits per heavy atom. The summed E-state index contributed by atoms with van der Waals surface area (Å²) in [6.07, 6.45) is 3.54. The van der Waals surface area contributed by atoms with Gasteiger partial charge in [-0.3, -0.25) is 4.79 Å². The van der Waals surface area contributed by atoms with Gasteiger partial charge in [-0.2, -0.15) is 0 Å². The summed E-state index contributed by atoms with van der Waals surface area (Å²) >= 11 is 0. The molecule has 0 radical (unpaired) electrons. The van der Waals surface area contributed by atoms with E-state index < -0.39 is 0 Å². The molecule has 92 valence electrons. The van der Waals surface area contributed by atoms with E-state index in [1.165, 1.54) is 12.8 Å². The van der Waals surface area contributed by atoms with E-state index in [9.17, 15) is 4.79 Å². The number of β-amino-alcohol motifs (C(OH)–C–C–N with tert-alkyl or cyclic N) is 1. The molecule has 4 nitrogen and oxygen atoms in total. The third kappa shape index (κ3) is 2.95. The van der Waals surface area contributed by atoms with Crippen molar-refractivity contribution in [3.05, 3.63) is 0 Å². The normalized spacial score (nSPS) is 26.0. The van der Waals surface area contributed by atoms with E-state index in [1.54, 1.807) is 6.92 Å². The van der Waals surface area contributed by atoms with Crippen molar-refractivity contribution < 1.29 is 9.90 Å². The van der Waals surface area contributed by atoms with Gasteiger partial charge in [0.2, 0.25) is 5.91 Å². The minimum absolute atomic E-state index is 0.225. The largest absolute Gasteiger partial charge is 0.395 e. The molecule has 2 fully saturated rings. The molecule has 1 N–H and O–H groups in total. The van der Waals surface area contributed by atoms with Crippen LogP contribution in [0.1, 0.15) is 26.2 Å². The van der Waals surface area contributed by atoms with Gasteiger partial charge >= 0.3 is 0 Å². The van der Waals surface area contributed by atoms with Crippen molar-refractivity contribution >= 4 is 5.91 Å². The first kappa shape index (κ1) is 11.9. The summed E-state index contributed by atoms with van der Waals surface area (Å²) in [6.45, 7) is 5.73. The summed E-state index contributed by atoms with van der Waals surface area (Å²) < 4.78 is 0. The van der Waals surface area contributed by atoms with E-state index in [4.69, 9.17) is 5.11 Å². The molecular weight excluding hydrogens is 204 g/mol. The van der Waals surface area contributed by atoms with Crippen molar-refractivity contribution in [3.63, 3.8) is 0 Å². The third-order valence-corrected chi connectivity index (χ3v) is 3.63. The van der Waals surface area contributed by atoms with Gasteiger partial charge in [0, 0.05) is 32.6 Å². The summed E-state index contributed by atoms with van der Waals surface area (Å²) in [6, 6.07) is 0.532. The third-order valence-electron chi connectivity index (χ3n) is 3.63. The molecule has 2 aliphatic rings. The van der Waals surface area contributed by atoms with Gasteiger partial charge in [0.25, 0.3) is 0 Å². The van der Waals surface area contributed by atoms with Crippen molar-refractivity contribution in [3.8, 4) is 0 Å². The number of likely N-dealkylation sites (tertiary alicyclic amines) is 1. The fourth-order valence-electron chi connectivity index (χ4n) is 2.61. The Balaban J connectivity index is 1.78. The molecule has 0 unspecified atom stereocenters. The fraction of sp³-hybridized carbons (Fsp3) is 0.917. The molecule has 0 bridgehead atoms. The predicted molar refractivity (Wildman–Crippen MR) is 62.0 cm³/mol. The van der Waals surface area contributed by atoms with Crippen molar-refractivity contribution in [2.24, 2.45) is 5.92 Å². The average Bonchev–Trinajstić information content (AvgIpc) is 2.97. The van der Waals surface area contributed by atoms with Crippen LogP contribution in [0.25, 0.3) is 0 Å². The number of aliphatic hydroxyl groups is 1. The number of aliphatic hydroxyl groups excluding tert-OH is 1. The topological polar surface area (TPSA) is 43.8 Å². The van der Waals surface area contributed by atoms with Gasteiger partial charge < -0.3 is 14.9 Å². The Morgan fingerprint density at radius 2 is 2.19 bits per heavy atom. The Kier molecular flexibility index (Phi) is 3.82. The van der Waals surface area contributed by atoms with Crippen molar-refractivity contribution in [1.29, 1.82) is 0 Å². The fourth-order valence-corrected chi connectivity index (χ4v) is 2.61. The first-order chi connectivity index (χ1) is 7.70. The first-order valence-corrected chi connectivity index (χ1v) is 6.31. The maximum atomic E-state index is 11.5. The van der Waals surface area contributed by atoms with Crippen LogP contribution in [-0.4, -0.2) is 59.6 Å². The van der Waals surface area contributed by atoms with E-state index >= 15 is 0 Å². The van der Waals surface area contributed by atoms with Crippen LogP contribution in [0.4, 0.5) is 0 Å². The molecule has 1 saturated carbocycles. The van der Waals surface area contributed by atoms with Crippen LogP contribution in [0.5, 0.6) is 0 Å². The minimum atomic E-state index is 0.225. The summed E-state index contributed by atoms with van der Waals surface area (Å²) in [5.41, 5.74) is 0. The van der Waals surface area contributed by atoms with Crippen LogP contribution >= 0.6 is 0 Å². The maximum absolute atomic E-state index is 11.5. The van der Waals surface area contributed by atoms with Crippen molar-refractivity contribution in [2.45, 2.75) is 32.2 Å². The highest BCUT2D eigenvalue weighted by atomic mass is 16.3. The second-order valence-corrected chi connectivity index (χ2v) is 5.08. The first-order valence-electron chi connectivity index (χ1n) is 6.31. The van der Waals surface area contributed by atoms with Crippen LogP contribution in [0, 0.1) is 5.92 Å². The molecule has 1 aliphatic carbocycles. The van der Waals surface area contributed by atoms with Gasteiger partial charge in [-0.25, -0.2) is 0 Å². The Hall–Kier alpha value is -0.610. The van der Waals surface area contributed by atoms with E-state index in [0.717, 1.165) is 32.6 Å². The van der Waals surface area contributed by atoms with Crippen LogP contribution in [0.15, 0.2) is 0 Å². The van der Waals surface area contributed by atoms with E-state index in [2.05, 4.69) is 4.90 Å². The summed E-state index contributed by atoms with van der Waals surface area (Å²) in [5.74, 6) is 0.833. The molecule has 1 aliphatic heterocycles. The second kappa shape index (κ2) is 5.15. The predicted octanol–water partition coefficient (Wildman–Crippen LogP) is 0.311. The van der Waals surface area contributed by atoms with Crippen molar-refractivity contribution in [1.82, 2.24) is 9.80 Å². The van der Waals surface area contributed by atoms with Gasteiger partial charge in [0.05, 0.1) is 6.61 Å². The zero-order chi connectivity index (χ0) is 11.5. The minimum Gasteiger partial charge on any atom is -0.395 e. The van der Waals surface area contributed by atoms with Gasteiger partial charge in [-0.1, -0.05) is 0 Å². The number of carbonyl (C=O) groups is 1. The zero-order valence-corrected chi connectivity index (χ0v) is 10.1. The van der Waals surface area contributed by atoms with Gasteiger partial charge in [0.15, 0.2) is 0 Å². The second-order valence-electron chi connectivity index (χ2n) is 5.08. The number of amides is 1. The lowest BCUT2D eigenvalue weighted by Crippen LogP contribution is -2.36. The number of hydrogen-bond acceptors (Lipinski definition) is 3. The monoisotopic (exact) mass is 226 g/mol. The Bertz CT molecular complexity index is 253. The molecule has 1 saturated heterocycles. The molecule has 1 heterocycles. The lowest BCUT2D eigenvalue weighted by atomic mass is 10.1. The number of nitrogens with zero attached hydrogens (tertiary/aromatic N) is 2. The zero-order valence-electron chi connectivity index (χ0n) is 10.1. The number of carbonyl (C=O) groups excluding carboxylic acids is 1. The molecule has 0 aromatic rings. The summed E-state index contributed by atoms with van der Waals surface area (Å²) in [7, 11) is 0. The van der Waals surface area contributed by atoms with Crippen LogP contribution in [0.3, 0.4) is 0 Å². The van der Waals surface area contributed by atoms with E-state index in [-0.39, 0.29) is 12.5 Å². The maximum Gasteiger partial charge on any atom is 0.219 e. The van der Waals surface area contributed by atoms with Crippen LogP contribution < -0.4 is 0 Å². The lowest BCUT2D eigenvalue weighted by molar-refractivity contribution is -0.130.